The van der Waals surface area contributed by atoms with Crippen LogP contribution in [0.2, 0.25) is 0 Å². The van der Waals surface area contributed by atoms with Crippen molar-refractivity contribution in [3.63, 3.8) is 0 Å². The first-order chi connectivity index (χ1) is 11.2. The lowest BCUT2D eigenvalue weighted by molar-refractivity contribution is 0.214. The van der Waals surface area contributed by atoms with Gasteiger partial charge in [-0.05, 0) is 43.5 Å². The minimum Gasteiger partial charge on any atom is -0.381 e. The Morgan fingerprint density at radius 2 is 1.74 bits per heavy atom. The van der Waals surface area contributed by atoms with Gasteiger partial charge in [0.25, 0.3) is 0 Å². The standard InChI is InChI=1S/C18H27N3OS/c1-14-12-17(13-23-14)19-15-6-8-16(9-7-15)20-18(22)21-10-4-2-3-5-11-21/h6-9,14,17,19H,2-5,10-13H2,1H3,(H,20,22)/t14-,17-/m0/s1. The van der Waals surface area contributed by atoms with Gasteiger partial charge in [-0.1, -0.05) is 19.8 Å². The Balaban J connectivity index is 1.51. The normalized spacial score (nSPS) is 25.0. The quantitative estimate of drug-likeness (QED) is 0.861. The smallest absolute Gasteiger partial charge is 0.321 e. The third kappa shape index (κ3) is 4.80. The van der Waals surface area contributed by atoms with Gasteiger partial charge in [-0.15, -0.1) is 0 Å². The molecule has 1 aromatic rings. The average molecular weight is 334 g/mol. The second-order valence-electron chi connectivity index (χ2n) is 6.63. The van der Waals surface area contributed by atoms with Crippen LogP contribution in [0.3, 0.4) is 0 Å². The maximum atomic E-state index is 12.3. The van der Waals surface area contributed by atoms with Crippen LogP contribution in [0.15, 0.2) is 24.3 Å². The summed E-state index contributed by atoms with van der Waals surface area (Å²) >= 11 is 2.03. The number of anilines is 2. The van der Waals surface area contributed by atoms with Crippen molar-refractivity contribution >= 4 is 29.2 Å². The van der Waals surface area contributed by atoms with E-state index < -0.39 is 0 Å². The van der Waals surface area contributed by atoms with Crippen LogP contribution in [0.1, 0.15) is 39.0 Å². The van der Waals surface area contributed by atoms with E-state index in [4.69, 9.17) is 0 Å². The third-order valence-electron chi connectivity index (χ3n) is 4.60. The zero-order valence-corrected chi connectivity index (χ0v) is 14.7. The van der Waals surface area contributed by atoms with Crippen LogP contribution in [0.5, 0.6) is 0 Å². The number of benzene rings is 1. The van der Waals surface area contributed by atoms with E-state index in [2.05, 4.69) is 29.7 Å². The fraction of sp³-hybridized carbons (Fsp3) is 0.611. The fourth-order valence-corrected chi connectivity index (χ4v) is 4.43. The molecule has 0 saturated carbocycles. The molecule has 3 rings (SSSR count). The molecule has 2 atom stereocenters. The van der Waals surface area contributed by atoms with Crippen molar-refractivity contribution in [1.29, 1.82) is 0 Å². The van der Waals surface area contributed by atoms with Gasteiger partial charge in [0.05, 0.1) is 0 Å². The highest BCUT2D eigenvalue weighted by Crippen LogP contribution is 2.28. The number of urea groups is 1. The Kier molecular flexibility index (Phi) is 5.70. The number of likely N-dealkylation sites (tertiary alicyclic amines) is 1. The Morgan fingerprint density at radius 3 is 2.35 bits per heavy atom. The highest BCUT2D eigenvalue weighted by atomic mass is 32.2. The molecule has 0 aromatic heterocycles. The largest absolute Gasteiger partial charge is 0.381 e. The molecule has 2 fully saturated rings. The van der Waals surface area contributed by atoms with E-state index >= 15 is 0 Å². The zero-order valence-electron chi connectivity index (χ0n) is 13.9. The predicted octanol–water partition coefficient (Wildman–Crippen LogP) is 4.40. The van der Waals surface area contributed by atoms with Gasteiger partial charge < -0.3 is 15.5 Å². The molecule has 2 saturated heterocycles. The number of amides is 2. The van der Waals surface area contributed by atoms with Crippen LogP contribution in [-0.4, -0.2) is 41.1 Å². The van der Waals surface area contributed by atoms with Crippen LogP contribution < -0.4 is 10.6 Å². The molecule has 2 amide bonds. The molecule has 0 spiro atoms. The van der Waals surface area contributed by atoms with Gasteiger partial charge in [-0.3, -0.25) is 0 Å². The molecule has 0 bridgehead atoms. The Bertz CT molecular complexity index is 512. The van der Waals surface area contributed by atoms with Crippen LogP contribution in [-0.2, 0) is 0 Å². The van der Waals surface area contributed by atoms with Gasteiger partial charge in [0.2, 0.25) is 0 Å². The first-order valence-corrected chi connectivity index (χ1v) is 9.80. The summed E-state index contributed by atoms with van der Waals surface area (Å²) in [5.74, 6) is 1.18. The van der Waals surface area contributed by atoms with Crippen molar-refractivity contribution in [3.8, 4) is 0 Å². The molecule has 4 nitrogen and oxygen atoms in total. The highest BCUT2D eigenvalue weighted by molar-refractivity contribution is 8.00. The van der Waals surface area contributed by atoms with Crippen LogP contribution in [0.25, 0.3) is 0 Å². The molecule has 126 valence electrons. The molecule has 1 aromatic carbocycles. The Hall–Kier alpha value is -1.36. The minimum absolute atomic E-state index is 0.0358. The Labute approximate surface area is 143 Å². The van der Waals surface area contributed by atoms with E-state index in [0.29, 0.717) is 6.04 Å². The number of rotatable bonds is 3. The number of hydrogen-bond acceptors (Lipinski definition) is 3. The molecule has 2 N–H and O–H groups in total. The molecule has 2 heterocycles. The number of thioether (sulfide) groups is 1. The summed E-state index contributed by atoms with van der Waals surface area (Å²) < 4.78 is 0. The summed E-state index contributed by atoms with van der Waals surface area (Å²) in [7, 11) is 0. The second kappa shape index (κ2) is 7.95. The number of carbonyl (C=O) groups excluding carboxylic acids is 1. The van der Waals surface area contributed by atoms with Crippen molar-refractivity contribution in [1.82, 2.24) is 4.90 Å². The molecule has 0 aliphatic carbocycles. The van der Waals surface area contributed by atoms with E-state index in [1.54, 1.807) is 0 Å². The van der Waals surface area contributed by atoms with E-state index in [0.717, 1.165) is 42.6 Å². The van der Waals surface area contributed by atoms with Gasteiger partial charge in [-0.25, -0.2) is 4.79 Å². The van der Waals surface area contributed by atoms with E-state index in [1.165, 1.54) is 25.0 Å². The predicted molar refractivity (Wildman–Crippen MR) is 99.4 cm³/mol. The molecule has 2 aliphatic heterocycles. The number of nitrogens with zero attached hydrogens (tertiary/aromatic N) is 1. The molecule has 0 radical (unpaired) electrons. The average Bonchev–Trinajstić information content (AvgIpc) is 2.79. The summed E-state index contributed by atoms with van der Waals surface area (Å²) in [6.07, 6.45) is 5.94. The van der Waals surface area contributed by atoms with Crippen LogP contribution >= 0.6 is 11.8 Å². The van der Waals surface area contributed by atoms with Gasteiger partial charge in [0.1, 0.15) is 0 Å². The summed E-state index contributed by atoms with van der Waals surface area (Å²) in [6.45, 7) is 4.04. The van der Waals surface area contributed by atoms with Crippen molar-refractivity contribution in [2.45, 2.75) is 50.3 Å². The SMILES string of the molecule is C[C@H]1C[C@H](Nc2ccc(NC(=O)N3CCCCCC3)cc2)CS1. The lowest BCUT2D eigenvalue weighted by Gasteiger charge is -2.21. The summed E-state index contributed by atoms with van der Waals surface area (Å²) in [4.78, 5) is 14.3. The van der Waals surface area contributed by atoms with Gasteiger partial charge >= 0.3 is 6.03 Å². The van der Waals surface area contributed by atoms with Crippen LogP contribution in [0.4, 0.5) is 16.2 Å². The molecule has 5 heteroatoms. The maximum absolute atomic E-state index is 12.3. The first kappa shape index (κ1) is 16.5. The first-order valence-electron chi connectivity index (χ1n) is 8.75. The lowest BCUT2D eigenvalue weighted by Crippen LogP contribution is -2.35. The monoisotopic (exact) mass is 333 g/mol. The van der Waals surface area contributed by atoms with E-state index in [9.17, 15) is 4.79 Å². The van der Waals surface area contributed by atoms with Crippen molar-refractivity contribution < 1.29 is 4.79 Å². The maximum Gasteiger partial charge on any atom is 0.321 e. The fourth-order valence-electron chi connectivity index (χ4n) is 3.28. The topological polar surface area (TPSA) is 44.4 Å². The number of carbonyl (C=O) groups is 1. The molecule has 2 aliphatic rings. The van der Waals surface area contributed by atoms with Gasteiger partial charge in [0, 0.05) is 41.5 Å². The molecular weight excluding hydrogens is 306 g/mol. The molecule has 0 unspecified atom stereocenters. The van der Waals surface area contributed by atoms with E-state index in [-0.39, 0.29) is 6.03 Å². The summed E-state index contributed by atoms with van der Waals surface area (Å²) in [5.41, 5.74) is 2.01. The highest BCUT2D eigenvalue weighted by Gasteiger charge is 2.21. The summed E-state index contributed by atoms with van der Waals surface area (Å²) in [6, 6.07) is 8.70. The Morgan fingerprint density at radius 1 is 1.09 bits per heavy atom. The van der Waals surface area contributed by atoms with E-state index in [1.807, 2.05) is 28.8 Å². The summed E-state index contributed by atoms with van der Waals surface area (Å²) in [5, 5.41) is 7.35. The number of nitrogens with one attached hydrogen (secondary N) is 2. The molecule has 23 heavy (non-hydrogen) atoms. The van der Waals surface area contributed by atoms with Crippen LogP contribution in [0, 0.1) is 0 Å². The van der Waals surface area contributed by atoms with Crippen molar-refractivity contribution in [2.75, 3.05) is 29.5 Å². The van der Waals surface area contributed by atoms with Crippen molar-refractivity contribution in [3.05, 3.63) is 24.3 Å². The zero-order chi connectivity index (χ0) is 16.1. The third-order valence-corrected chi connectivity index (χ3v) is 5.95. The van der Waals surface area contributed by atoms with Gasteiger partial charge in [0.15, 0.2) is 0 Å². The molecular formula is C18H27N3OS. The minimum atomic E-state index is 0.0358. The van der Waals surface area contributed by atoms with Crippen molar-refractivity contribution in [2.24, 2.45) is 0 Å². The number of hydrogen-bond donors (Lipinski definition) is 2. The van der Waals surface area contributed by atoms with Gasteiger partial charge in [-0.2, -0.15) is 11.8 Å². The second-order valence-corrected chi connectivity index (χ2v) is 8.10. The lowest BCUT2D eigenvalue weighted by atomic mass is 10.2.